The summed E-state index contributed by atoms with van der Waals surface area (Å²) >= 11 is 0. The first-order valence-electron chi connectivity index (χ1n) is 5.40. The topological polar surface area (TPSA) is 12.0 Å². The van der Waals surface area contributed by atoms with Gasteiger partial charge in [-0.2, -0.15) is 0 Å². The van der Waals surface area contributed by atoms with E-state index in [-0.39, 0.29) is 0 Å². The first kappa shape index (κ1) is 12.0. The highest BCUT2D eigenvalue weighted by molar-refractivity contribution is 4.59. The first-order chi connectivity index (χ1) is 5.66. The van der Waals surface area contributed by atoms with E-state index in [9.17, 15) is 0 Å². The third kappa shape index (κ3) is 8.06. The average molecular weight is 171 g/mol. The second-order valence-corrected chi connectivity index (χ2v) is 4.14. The Kier molecular flexibility index (Phi) is 7.58. The van der Waals surface area contributed by atoms with Crippen LogP contribution in [0, 0.1) is 5.92 Å². The van der Waals surface area contributed by atoms with Gasteiger partial charge < -0.3 is 5.32 Å². The van der Waals surface area contributed by atoms with Gasteiger partial charge in [0.15, 0.2) is 0 Å². The van der Waals surface area contributed by atoms with Crippen LogP contribution in [0.2, 0.25) is 0 Å². The molecule has 1 heteroatoms. The van der Waals surface area contributed by atoms with Crippen molar-refractivity contribution in [2.75, 3.05) is 6.54 Å². The van der Waals surface area contributed by atoms with Crippen molar-refractivity contribution in [1.82, 2.24) is 5.32 Å². The number of nitrogens with one attached hydrogen (secondary N) is 1. The lowest BCUT2D eigenvalue weighted by Gasteiger charge is -2.11. The smallest absolute Gasteiger partial charge is 0.00386 e. The molecular formula is C11H25N. The Labute approximate surface area is 77.9 Å². The number of rotatable bonds is 7. The van der Waals surface area contributed by atoms with Crippen LogP contribution in [0.3, 0.4) is 0 Å². The molecule has 1 atom stereocenters. The van der Waals surface area contributed by atoms with Crippen molar-refractivity contribution in [3.8, 4) is 0 Å². The number of hydrogen-bond donors (Lipinski definition) is 1. The summed E-state index contributed by atoms with van der Waals surface area (Å²) in [7, 11) is 0. The van der Waals surface area contributed by atoms with Gasteiger partial charge in [-0.1, -0.05) is 40.0 Å². The zero-order valence-corrected chi connectivity index (χ0v) is 9.19. The molecule has 12 heavy (non-hydrogen) atoms. The Hall–Kier alpha value is -0.0400. The quantitative estimate of drug-likeness (QED) is 0.580. The summed E-state index contributed by atoms with van der Waals surface area (Å²) < 4.78 is 0. The molecular weight excluding hydrogens is 146 g/mol. The molecule has 0 saturated carbocycles. The molecule has 0 fully saturated rings. The van der Waals surface area contributed by atoms with Crippen LogP contribution >= 0.6 is 0 Å². The van der Waals surface area contributed by atoms with Crippen molar-refractivity contribution < 1.29 is 0 Å². The summed E-state index contributed by atoms with van der Waals surface area (Å²) in [4.78, 5) is 0. The Morgan fingerprint density at radius 2 is 1.58 bits per heavy atom. The van der Waals surface area contributed by atoms with Crippen molar-refractivity contribution in [2.45, 2.75) is 59.4 Å². The molecule has 0 bridgehead atoms. The highest BCUT2D eigenvalue weighted by Gasteiger charge is 1.99. The molecule has 0 aliphatic heterocycles. The molecule has 0 aromatic carbocycles. The van der Waals surface area contributed by atoms with Crippen LogP contribution in [-0.4, -0.2) is 12.6 Å². The average Bonchev–Trinajstić information content (AvgIpc) is 1.98. The monoisotopic (exact) mass is 171 g/mol. The molecule has 0 aliphatic carbocycles. The van der Waals surface area contributed by atoms with E-state index in [1.807, 2.05) is 0 Å². The number of hydrogen-bond acceptors (Lipinski definition) is 1. The van der Waals surface area contributed by atoms with Crippen LogP contribution in [0.5, 0.6) is 0 Å². The summed E-state index contributed by atoms with van der Waals surface area (Å²) in [6.07, 6.45) is 5.50. The minimum absolute atomic E-state index is 0.710. The summed E-state index contributed by atoms with van der Waals surface area (Å²) in [5.74, 6) is 0.874. The van der Waals surface area contributed by atoms with E-state index in [1.54, 1.807) is 0 Å². The molecule has 0 radical (unpaired) electrons. The van der Waals surface area contributed by atoms with E-state index in [2.05, 4.69) is 33.0 Å². The molecule has 0 rings (SSSR count). The molecule has 0 aliphatic rings. The standard InChI is InChI=1S/C11H25N/c1-5-12-11(4)9-7-6-8-10(2)3/h10-12H,5-9H2,1-4H3. The normalized spacial score (nSPS) is 13.8. The maximum Gasteiger partial charge on any atom is 0.00386 e. The van der Waals surface area contributed by atoms with Gasteiger partial charge in [0.1, 0.15) is 0 Å². The van der Waals surface area contributed by atoms with Gasteiger partial charge in [-0.15, -0.1) is 0 Å². The van der Waals surface area contributed by atoms with Crippen molar-refractivity contribution in [2.24, 2.45) is 5.92 Å². The molecule has 0 spiro atoms. The van der Waals surface area contributed by atoms with Gasteiger partial charge in [0, 0.05) is 6.04 Å². The highest BCUT2D eigenvalue weighted by atomic mass is 14.9. The SMILES string of the molecule is CCNC(C)CCCCC(C)C. The molecule has 0 saturated heterocycles. The summed E-state index contributed by atoms with van der Waals surface area (Å²) in [5, 5.41) is 3.43. The summed E-state index contributed by atoms with van der Waals surface area (Å²) in [6.45, 7) is 10.1. The van der Waals surface area contributed by atoms with Crippen LogP contribution < -0.4 is 5.32 Å². The van der Waals surface area contributed by atoms with Gasteiger partial charge in [0.25, 0.3) is 0 Å². The largest absolute Gasteiger partial charge is 0.315 e. The maximum atomic E-state index is 3.43. The van der Waals surface area contributed by atoms with Gasteiger partial charge in [0.05, 0.1) is 0 Å². The lowest BCUT2D eigenvalue weighted by molar-refractivity contribution is 0.469. The Morgan fingerprint density at radius 1 is 1.00 bits per heavy atom. The molecule has 0 heterocycles. The van der Waals surface area contributed by atoms with Crippen molar-refractivity contribution in [3.63, 3.8) is 0 Å². The molecule has 0 aromatic heterocycles. The highest BCUT2D eigenvalue weighted by Crippen LogP contribution is 2.09. The Bertz CT molecular complexity index is 89.0. The predicted molar refractivity (Wildman–Crippen MR) is 56.4 cm³/mol. The lowest BCUT2D eigenvalue weighted by Crippen LogP contribution is -2.25. The second-order valence-electron chi connectivity index (χ2n) is 4.14. The fourth-order valence-corrected chi connectivity index (χ4v) is 1.45. The van der Waals surface area contributed by atoms with E-state index in [0.717, 1.165) is 12.5 Å². The van der Waals surface area contributed by atoms with Gasteiger partial charge in [-0.05, 0) is 25.8 Å². The molecule has 1 N–H and O–H groups in total. The van der Waals surface area contributed by atoms with Gasteiger partial charge in [0.2, 0.25) is 0 Å². The fraction of sp³-hybridized carbons (Fsp3) is 1.00. The third-order valence-corrected chi connectivity index (χ3v) is 2.22. The zero-order chi connectivity index (χ0) is 9.40. The second kappa shape index (κ2) is 7.60. The van der Waals surface area contributed by atoms with Crippen LogP contribution in [0.15, 0.2) is 0 Å². The third-order valence-electron chi connectivity index (χ3n) is 2.22. The fourth-order valence-electron chi connectivity index (χ4n) is 1.45. The molecule has 1 unspecified atom stereocenters. The first-order valence-corrected chi connectivity index (χ1v) is 5.40. The molecule has 0 amide bonds. The summed E-state index contributed by atoms with van der Waals surface area (Å²) in [5.41, 5.74) is 0. The Morgan fingerprint density at radius 3 is 2.08 bits per heavy atom. The number of unbranched alkanes of at least 4 members (excludes halogenated alkanes) is 1. The van der Waals surface area contributed by atoms with Crippen molar-refractivity contribution in [1.29, 1.82) is 0 Å². The van der Waals surface area contributed by atoms with Crippen LogP contribution in [0.1, 0.15) is 53.4 Å². The minimum atomic E-state index is 0.710. The van der Waals surface area contributed by atoms with E-state index in [0.29, 0.717) is 6.04 Å². The van der Waals surface area contributed by atoms with E-state index < -0.39 is 0 Å². The molecule has 1 nitrogen and oxygen atoms in total. The Balaban J connectivity index is 3.08. The van der Waals surface area contributed by atoms with E-state index >= 15 is 0 Å². The maximum absolute atomic E-state index is 3.43. The van der Waals surface area contributed by atoms with Gasteiger partial charge >= 0.3 is 0 Å². The molecule has 0 aromatic rings. The van der Waals surface area contributed by atoms with Crippen LogP contribution in [0.25, 0.3) is 0 Å². The van der Waals surface area contributed by atoms with E-state index in [1.165, 1.54) is 25.7 Å². The van der Waals surface area contributed by atoms with Gasteiger partial charge in [-0.3, -0.25) is 0 Å². The zero-order valence-electron chi connectivity index (χ0n) is 9.19. The predicted octanol–water partition coefficient (Wildman–Crippen LogP) is 3.20. The van der Waals surface area contributed by atoms with Gasteiger partial charge in [-0.25, -0.2) is 0 Å². The minimum Gasteiger partial charge on any atom is -0.315 e. The van der Waals surface area contributed by atoms with Crippen molar-refractivity contribution in [3.05, 3.63) is 0 Å². The molecule has 74 valence electrons. The van der Waals surface area contributed by atoms with Crippen LogP contribution in [-0.2, 0) is 0 Å². The van der Waals surface area contributed by atoms with Crippen molar-refractivity contribution >= 4 is 0 Å². The van der Waals surface area contributed by atoms with Crippen LogP contribution in [0.4, 0.5) is 0 Å². The lowest BCUT2D eigenvalue weighted by atomic mass is 10.0. The van der Waals surface area contributed by atoms with E-state index in [4.69, 9.17) is 0 Å². The summed E-state index contributed by atoms with van der Waals surface area (Å²) in [6, 6.07) is 0.710.